The summed E-state index contributed by atoms with van der Waals surface area (Å²) >= 11 is 0. The van der Waals surface area contributed by atoms with Crippen LogP contribution in [0.1, 0.15) is 12.8 Å². The molecule has 0 radical (unpaired) electrons. The van der Waals surface area contributed by atoms with Gasteiger partial charge in [0, 0.05) is 13.1 Å². The van der Waals surface area contributed by atoms with Crippen LogP contribution < -0.4 is 11.2 Å². The van der Waals surface area contributed by atoms with E-state index in [-0.39, 0.29) is 11.7 Å². The van der Waals surface area contributed by atoms with Crippen LogP contribution in [-0.2, 0) is 9.53 Å². The number of carbonyl (C=O) groups is 1. The highest BCUT2D eigenvalue weighted by Crippen LogP contribution is 2.46. The number of hydrazine groups is 1. The number of nitrogens with two attached hydrogens (primary N) is 1. The predicted octanol–water partition coefficient (Wildman–Crippen LogP) is -1.12. The zero-order valence-corrected chi connectivity index (χ0v) is 8.98. The molecule has 0 atom stereocenters. The molecule has 16 heavy (non-hydrogen) atoms. The van der Waals surface area contributed by atoms with Gasteiger partial charge in [0.25, 0.3) is 0 Å². The van der Waals surface area contributed by atoms with Crippen molar-refractivity contribution in [3.8, 4) is 0 Å². The maximum atomic E-state index is 11.9. The fourth-order valence-electron chi connectivity index (χ4n) is 1.75. The van der Waals surface area contributed by atoms with Crippen molar-refractivity contribution in [3.05, 3.63) is 0 Å². The van der Waals surface area contributed by atoms with E-state index >= 15 is 0 Å². The molecule has 0 aromatic heterocycles. The molecule has 7 nitrogen and oxygen atoms in total. The number of carbonyl (C=O) groups excluding carboxylic acids is 1. The number of ether oxygens (including phenoxy) is 1. The molecule has 0 bridgehead atoms. The molecule has 1 saturated heterocycles. The number of amides is 1. The molecule has 1 amide bonds. The average Bonchev–Trinajstić information content (AvgIpc) is 3.10. The van der Waals surface area contributed by atoms with Crippen molar-refractivity contribution < 1.29 is 14.7 Å². The molecule has 0 unspecified atom stereocenters. The van der Waals surface area contributed by atoms with Gasteiger partial charge in [-0.2, -0.15) is 0 Å². The Kier molecular flexibility index (Phi) is 2.97. The van der Waals surface area contributed by atoms with Crippen molar-refractivity contribution in [2.45, 2.75) is 12.8 Å². The van der Waals surface area contributed by atoms with Crippen LogP contribution in [0.4, 0.5) is 0 Å². The van der Waals surface area contributed by atoms with Crippen LogP contribution in [0.15, 0.2) is 5.16 Å². The summed E-state index contributed by atoms with van der Waals surface area (Å²) < 4.78 is 5.17. The van der Waals surface area contributed by atoms with Crippen molar-refractivity contribution in [3.63, 3.8) is 0 Å². The van der Waals surface area contributed by atoms with E-state index in [0.29, 0.717) is 39.1 Å². The number of oxime groups is 1. The second kappa shape index (κ2) is 4.26. The molecule has 0 aromatic rings. The lowest BCUT2D eigenvalue weighted by molar-refractivity contribution is -0.131. The van der Waals surface area contributed by atoms with Gasteiger partial charge in [-0.05, 0) is 12.8 Å². The zero-order valence-electron chi connectivity index (χ0n) is 8.98. The SMILES string of the molecule is NC(=NO)C1(C(=O)NN2CCOCC2)CC1. The summed E-state index contributed by atoms with van der Waals surface area (Å²) in [6.07, 6.45) is 1.28. The molecule has 1 saturated carbocycles. The number of amidine groups is 1. The Hall–Kier alpha value is -1.34. The molecule has 4 N–H and O–H groups in total. The summed E-state index contributed by atoms with van der Waals surface area (Å²) in [5, 5.41) is 13.3. The fraction of sp³-hybridized carbons (Fsp3) is 0.778. The van der Waals surface area contributed by atoms with Gasteiger partial charge < -0.3 is 15.7 Å². The molecule has 1 aliphatic carbocycles. The van der Waals surface area contributed by atoms with Gasteiger partial charge in [0.1, 0.15) is 5.41 Å². The quantitative estimate of drug-likeness (QED) is 0.246. The summed E-state index contributed by atoms with van der Waals surface area (Å²) in [5.74, 6) is -0.192. The maximum Gasteiger partial charge on any atom is 0.248 e. The zero-order chi connectivity index (χ0) is 11.6. The molecule has 0 aromatic carbocycles. The molecule has 1 aliphatic heterocycles. The topological polar surface area (TPSA) is 100 Å². The molecule has 2 fully saturated rings. The van der Waals surface area contributed by atoms with Gasteiger partial charge in [-0.1, -0.05) is 5.16 Å². The third kappa shape index (κ3) is 1.96. The van der Waals surface area contributed by atoms with Crippen molar-refractivity contribution in [2.24, 2.45) is 16.3 Å². The minimum atomic E-state index is -0.785. The first-order chi connectivity index (χ1) is 7.69. The summed E-state index contributed by atoms with van der Waals surface area (Å²) in [6, 6.07) is 0. The lowest BCUT2D eigenvalue weighted by atomic mass is 10.1. The Bertz CT molecular complexity index is 308. The van der Waals surface area contributed by atoms with Crippen molar-refractivity contribution >= 4 is 11.7 Å². The van der Waals surface area contributed by atoms with Gasteiger partial charge in [0.2, 0.25) is 5.91 Å². The molecule has 90 valence electrons. The first-order valence-corrected chi connectivity index (χ1v) is 5.31. The van der Waals surface area contributed by atoms with Gasteiger partial charge in [-0.15, -0.1) is 0 Å². The summed E-state index contributed by atoms with van der Waals surface area (Å²) in [6.45, 7) is 2.55. The van der Waals surface area contributed by atoms with E-state index in [1.54, 1.807) is 5.01 Å². The van der Waals surface area contributed by atoms with Crippen LogP contribution in [0.3, 0.4) is 0 Å². The second-order valence-electron chi connectivity index (χ2n) is 4.11. The van der Waals surface area contributed by atoms with Gasteiger partial charge >= 0.3 is 0 Å². The number of rotatable bonds is 3. The standard InChI is InChI=1S/C9H16N4O3/c10-7(12-15)9(1-2-9)8(14)11-13-3-5-16-6-4-13/h15H,1-6H2,(H2,10,12)(H,11,14). The largest absolute Gasteiger partial charge is 0.409 e. The molecule has 7 heteroatoms. The van der Waals surface area contributed by atoms with E-state index in [1.165, 1.54) is 0 Å². The highest BCUT2D eigenvalue weighted by molar-refractivity contribution is 6.09. The molecule has 1 heterocycles. The van der Waals surface area contributed by atoms with E-state index in [0.717, 1.165) is 0 Å². The van der Waals surface area contributed by atoms with Crippen molar-refractivity contribution in [1.82, 2.24) is 10.4 Å². The summed E-state index contributed by atoms with van der Waals surface area (Å²) in [5.41, 5.74) is 7.51. The minimum Gasteiger partial charge on any atom is -0.409 e. The maximum absolute atomic E-state index is 11.9. The highest BCUT2D eigenvalue weighted by Gasteiger charge is 2.54. The minimum absolute atomic E-state index is 0.00161. The number of hydrogen-bond acceptors (Lipinski definition) is 5. The summed E-state index contributed by atoms with van der Waals surface area (Å²) in [4.78, 5) is 11.9. The highest BCUT2D eigenvalue weighted by atomic mass is 16.5. The Morgan fingerprint density at radius 1 is 1.44 bits per heavy atom. The van der Waals surface area contributed by atoms with Crippen LogP contribution in [0.2, 0.25) is 0 Å². The first-order valence-electron chi connectivity index (χ1n) is 5.31. The molecule has 2 rings (SSSR count). The van der Waals surface area contributed by atoms with Crippen LogP contribution in [0.25, 0.3) is 0 Å². The average molecular weight is 228 g/mol. The van der Waals surface area contributed by atoms with E-state index in [2.05, 4.69) is 10.6 Å². The first kappa shape index (κ1) is 11.2. The molecular weight excluding hydrogens is 212 g/mol. The Morgan fingerprint density at radius 3 is 2.56 bits per heavy atom. The van der Waals surface area contributed by atoms with Gasteiger partial charge in [0.15, 0.2) is 5.84 Å². The number of morpholine rings is 1. The van der Waals surface area contributed by atoms with Gasteiger partial charge in [-0.25, -0.2) is 5.01 Å². The fourth-order valence-corrected chi connectivity index (χ4v) is 1.75. The summed E-state index contributed by atoms with van der Waals surface area (Å²) in [7, 11) is 0. The van der Waals surface area contributed by atoms with Crippen LogP contribution in [0, 0.1) is 5.41 Å². The van der Waals surface area contributed by atoms with Crippen molar-refractivity contribution in [1.29, 1.82) is 0 Å². The Balaban J connectivity index is 1.92. The number of hydrogen-bond donors (Lipinski definition) is 3. The van der Waals surface area contributed by atoms with E-state index < -0.39 is 5.41 Å². The normalized spacial score (nSPS) is 25.1. The Labute approximate surface area is 93.2 Å². The van der Waals surface area contributed by atoms with E-state index in [9.17, 15) is 4.79 Å². The van der Waals surface area contributed by atoms with E-state index in [4.69, 9.17) is 15.7 Å². The monoisotopic (exact) mass is 228 g/mol. The van der Waals surface area contributed by atoms with Crippen LogP contribution >= 0.6 is 0 Å². The lowest BCUT2D eigenvalue weighted by Crippen LogP contribution is -2.52. The van der Waals surface area contributed by atoms with Gasteiger partial charge in [-0.3, -0.25) is 10.2 Å². The second-order valence-corrected chi connectivity index (χ2v) is 4.11. The molecule has 0 spiro atoms. The molecule has 2 aliphatic rings. The smallest absolute Gasteiger partial charge is 0.248 e. The Morgan fingerprint density at radius 2 is 2.06 bits per heavy atom. The van der Waals surface area contributed by atoms with E-state index in [1.807, 2.05) is 0 Å². The lowest BCUT2D eigenvalue weighted by Gasteiger charge is -2.28. The van der Waals surface area contributed by atoms with Crippen molar-refractivity contribution in [2.75, 3.05) is 26.3 Å². The van der Waals surface area contributed by atoms with Gasteiger partial charge in [0.05, 0.1) is 13.2 Å². The number of nitrogens with zero attached hydrogens (tertiary/aromatic N) is 2. The van der Waals surface area contributed by atoms with Crippen LogP contribution in [-0.4, -0.2) is 48.3 Å². The molecular formula is C9H16N4O3. The predicted molar refractivity (Wildman–Crippen MR) is 55.6 cm³/mol. The third-order valence-electron chi connectivity index (χ3n) is 3.05. The number of nitrogens with one attached hydrogen (secondary N) is 1. The van der Waals surface area contributed by atoms with Crippen LogP contribution in [0.5, 0.6) is 0 Å². The third-order valence-corrected chi connectivity index (χ3v) is 3.05.